The molecule has 104 valence electrons. The number of nitrogens with zero attached hydrogens (tertiary/aromatic N) is 1. The Morgan fingerprint density at radius 3 is 2.80 bits per heavy atom. The maximum absolute atomic E-state index is 12.1. The second-order valence-electron chi connectivity index (χ2n) is 4.11. The van der Waals surface area contributed by atoms with Crippen LogP contribution in [0.15, 0.2) is 47.1 Å². The van der Waals surface area contributed by atoms with Crippen molar-refractivity contribution in [1.29, 1.82) is 0 Å². The van der Waals surface area contributed by atoms with E-state index in [0.717, 1.165) is 15.7 Å². The third-order valence-corrected chi connectivity index (χ3v) is 3.16. The highest BCUT2D eigenvalue weighted by atomic mass is 79.9. The van der Waals surface area contributed by atoms with Gasteiger partial charge in [-0.25, -0.2) is 4.98 Å². The SMILES string of the molecule is CCOCc1ccccc1NC(=O)c1ccc(Br)cn1. The molecule has 2 aromatic rings. The van der Waals surface area contributed by atoms with Gasteiger partial charge in [0.15, 0.2) is 0 Å². The van der Waals surface area contributed by atoms with Crippen molar-refractivity contribution in [3.8, 4) is 0 Å². The summed E-state index contributed by atoms with van der Waals surface area (Å²) < 4.78 is 6.23. The molecular weight excluding hydrogens is 320 g/mol. The monoisotopic (exact) mass is 334 g/mol. The van der Waals surface area contributed by atoms with Crippen LogP contribution in [0.5, 0.6) is 0 Å². The molecule has 5 heteroatoms. The number of ether oxygens (including phenoxy) is 1. The number of carbonyl (C=O) groups excluding carboxylic acids is 1. The molecule has 0 fully saturated rings. The van der Waals surface area contributed by atoms with E-state index >= 15 is 0 Å². The standard InChI is InChI=1S/C15H15BrN2O2/c1-2-20-10-11-5-3-4-6-13(11)18-15(19)14-8-7-12(16)9-17-14/h3-9H,2,10H2,1H3,(H,18,19). The summed E-state index contributed by atoms with van der Waals surface area (Å²) in [6.07, 6.45) is 1.60. The van der Waals surface area contributed by atoms with Crippen molar-refractivity contribution < 1.29 is 9.53 Å². The van der Waals surface area contributed by atoms with E-state index in [0.29, 0.717) is 18.9 Å². The Balaban J connectivity index is 2.13. The first kappa shape index (κ1) is 14.7. The summed E-state index contributed by atoms with van der Waals surface area (Å²) in [5.74, 6) is -0.235. The predicted octanol–water partition coefficient (Wildman–Crippen LogP) is 3.63. The number of benzene rings is 1. The fourth-order valence-corrected chi connectivity index (χ4v) is 1.91. The molecule has 0 aliphatic rings. The summed E-state index contributed by atoms with van der Waals surface area (Å²) in [6.45, 7) is 3.05. The number of anilines is 1. The fourth-order valence-electron chi connectivity index (χ4n) is 1.68. The maximum Gasteiger partial charge on any atom is 0.274 e. The van der Waals surface area contributed by atoms with Crippen LogP contribution < -0.4 is 5.32 Å². The van der Waals surface area contributed by atoms with E-state index in [2.05, 4.69) is 26.2 Å². The van der Waals surface area contributed by atoms with Gasteiger partial charge in [-0.05, 0) is 41.1 Å². The Hall–Kier alpha value is -1.72. The highest BCUT2D eigenvalue weighted by Crippen LogP contribution is 2.17. The van der Waals surface area contributed by atoms with Crippen LogP contribution in [0.25, 0.3) is 0 Å². The van der Waals surface area contributed by atoms with E-state index < -0.39 is 0 Å². The number of nitrogens with one attached hydrogen (secondary N) is 1. The normalized spacial score (nSPS) is 10.3. The number of pyridine rings is 1. The molecule has 1 amide bonds. The van der Waals surface area contributed by atoms with Crippen LogP contribution in [-0.4, -0.2) is 17.5 Å². The Kier molecular flexibility index (Phi) is 5.26. The zero-order valence-corrected chi connectivity index (χ0v) is 12.7. The molecule has 1 N–H and O–H groups in total. The molecule has 20 heavy (non-hydrogen) atoms. The second kappa shape index (κ2) is 7.17. The first-order valence-corrected chi connectivity index (χ1v) is 7.08. The number of aromatic nitrogens is 1. The van der Waals surface area contributed by atoms with Crippen molar-refractivity contribution in [2.24, 2.45) is 0 Å². The van der Waals surface area contributed by atoms with Gasteiger partial charge < -0.3 is 10.1 Å². The van der Waals surface area contributed by atoms with Gasteiger partial charge in [0.25, 0.3) is 5.91 Å². The van der Waals surface area contributed by atoms with Crippen LogP contribution in [0.2, 0.25) is 0 Å². The molecule has 1 aromatic heterocycles. The molecule has 0 saturated carbocycles. The van der Waals surface area contributed by atoms with Gasteiger partial charge in [0.2, 0.25) is 0 Å². The lowest BCUT2D eigenvalue weighted by molar-refractivity contribution is 0.102. The minimum Gasteiger partial charge on any atom is -0.377 e. The van der Waals surface area contributed by atoms with Crippen LogP contribution in [0.3, 0.4) is 0 Å². The number of hydrogen-bond acceptors (Lipinski definition) is 3. The van der Waals surface area contributed by atoms with Crippen molar-refractivity contribution in [2.75, 3.05) is 11.9 Å². The topological polar surface area (TPSA) is 51.2 Å². The smallest absolute Gasteiger partial charge is 0.274 e. The molecule has 1 heterocycles. The molecule has 1 aromatic carbocycles. The molecule has 0 spiro atoms. The maximum atomic E-state index is 12.1. The van der Waals surface area contributed by atoms with Gasteiger partial charge in [-0.2, -0.15) is 0 Å². The summed E-state index contributed by atoms with van der Waals surface area (Å²) in [7, 11) is 0. The minimum absolute atomic E-state index is 0.235. The number of carbonyl (C=O) groups is 1. The largest absolute Gasteiger partial charge is 0.377 e. The van der Waals surface area contributed by atoms with E-state index in [4.69, 9.17) is 4.74 Å². The molecule has 2 rings (SSSR count). The van der Waals surface area contributed by atoms with Gasteiger partial charge in [-0.15, -0.1) is 0 Å². The first-order chi connectivity index (χ1) is 9.70. The highest BCUT2D eigenvalue weighted by molar-refractivity contribution is 9.10. The summed E-state index contributed by atoms with van der Waals surface area (Å²) in [6, 6.07) is 11.0. The van der Waals surface area contributed by atoms with Crippen LogP contribution in [-0.2, 0) is 11.3 Å². The Labute approximate surface area is 126 Å². The van der Waals surface area contributed by atoms with Gasteiger partial charge in [-0.3, -0.25) is 4.79 Å². The van der Waals surface area contributed by atoms with Crippen LogP contribution in [0, 0.1) is 0 Å². The van der Waals surface area contributed by atoms with Crippen LogP contribution >= 0.6 is 15.9 Å². The van der Waals surface area contributed by atoms with Gasteiger partial charge in [0.1, 0.15) is 5.69 Å². The third-order valence-electron chi connectivity index (χ3n) is 2.69. The zero-order valence-electron chi connectivity index (χ0n) is 11.1. The van der Waals surface area contributed by atoms with Crippen LogP contribution in [0.1, 0.15) is 23.0 Å². The van der Waals surface area contributed by atoms with E-state index in [-0.39, 0.29) is 5.91 Å². The average Bonchev–Trinajstić information content (AvgIpc) is 2.47. The molecule has 0 bridgehead atoms. The molecule has 0 radical (unpaired) electrons. The second-order valence-corrected chi connectivity index (χ2v) is 5.03. The minimum atomic E-state index is -0.235. The lowest BCUT2D eigenvalue weighted by atomic mass is 10.2. The Morgan fingerprint density at radius 1 is 1.30 bits per heavy atom. The third kappa shape index (κ3) is 3.88. The summed E-state index contributed by atoms with van der Waals surface area (Å²) >= 11 is 3.29. The number of para-hydroxylation sites is 1. The number of amides is 1. The number of halogens is 1. The molecule has 0 saturated heterocycles. The highest BCUT2D eigenvalue weighted by Gasteiger charge is 2.10. The van der Waals surface area contributed by atoms with Crippen molar-refractivity contribution in [1.82, 2.24) is 4.98 Å². The number of rotatable bonds is 5. The van der Waals surface area contributed by atoms with Crippen molar-refractivity contribution in [3.05, 3.63) is 58.3 Å². The summed E-state index contributed by atoms with van der Waals surface area (Å²) in [5, 5.41) is 2.86. The first-order valence-electron chi connectivity index (χ1n) is 6.29. The van der Waals surface area contributed by atoms with Gasteiger partial charge in [0, 0.05) is 28.5 Å². The lowest BCUT2D eigenvalue weighted by Gasteiger charge is -2.10. The van der Waals surface area contributed by atoms with Crippen molar-refractivity contribution >= 4 is 27.5 Å². The molecule has 0 unspecified atom stereocenters. The molecule has 4 nitrogen and oxygen atoms in total. The molecular formula is C15H15BrN2O2. The number of hydrogen-bond donors (Lipinski definition) is 1. The van der Waals surface area contributed by atoms with E-state index in [1.54, 1.807) is 18.3 Å². The molecule has 0 aliphatic carbocycles. The Morgan fingerprint density at radius 2 is 2.10 bits per heavy atom. The molecule has 0 aliphatic heterocycles. The zero-order chi connectivity index (χ0) is 14.4. The quantitative estimate of drug-likeness (QED) is 0.908. The Bertz CT molecular complexity index is 585. The van der Waals surface area contributed by atoms with E-state index in [1.165, 1.54) is 0 Å². The van der Waals surface area contributed by atoms with Gasteiger partial charge in [-0.1, -0.05) is 18.2 Å². The van der Waals surface area contributed by atoms with Gasteiger partial charge in [0.05, 0.1) is 6.61 Å². The fraction of sp³-hybridized carbons (Fsp3) is 0.200. The average molecular weight is 335 g/mol. The van der Waals surface area contributed by atoms with Gasteiger partial charge >= 0.3 is 0 Å². The summed E-state index contributed by atoms with van der Waals surface area (Å²) in [4.78, 5) is 16.2. The lowest BCUT2D eigenvalue weighted by Crippen LogP contribution is -2.15. The van der Waals surface area contributed by atoms with Crippen LogP contribution in [0.4, 0.5) is 5.69 Å². The van der Waals surface area contributed by atoms with E-state index in [1.807, 2.05) is 31.2 Å². The van der Waals surface area contributed by atoms with Crippen molar-refractivity contribution in [2.45, 2.75) is 13.5 Å². The summed E-state index contributed by atoms with van der Waals surface area (Å²) in [5.41, 5.74) is 2.06. The van der Waals surface area contributed by atoms with E-state index in [9.17, 15) is 4.79 Å². The predicted molar refractivity (Wildman–Crippen MR) is 81.7 cm³/mol. The van der Waals surface area contributed by atoms with Crippen molar-refractivity contribution in [3.63, 3.8) is 0 Å². The molecule has 0 atom stereocenters.